The van der Waals surface area contributed by atoms with Gasteiger partial charge in [0, 0.05) is 57.2 Å². The van der Waals surface area contributed by atoms with Crippen molar-refractivity contribution >= 4 is 59.5 Å². The summed E-state index contributed by atoms with van der Waals surface area (Å²) in [6.45, 7) is 1.79. The maximum absolute atomic E-state index is 14.6. The van der Waals surface area contributed by atoms with Gasteiger partial charge in [-0.3, -0.25) is 14.4 Å². The number of benzene rings is 3. The van der Waals surface area contributed by atoms with Gasteiger partial charge in [0.05, 0.1) is 31.3 Å². The van der Waals surface area contributed by atoms with Gasteiger partial charge in [-0.15, -0.1) is 0 Å². The van der Waals surface area contributed by atoms with Crippen molar-refractivity contribution in [2.24, 2.45) is 0 Å². The van der Waals surface area contributed by atoms with E-state index in [2.05, 4.69) is 5.32 Å². The molecular formula is C36H43N3O8S2. The molecular weight excluding hydrogens is 667 g/mol. The second kappa shape index (κ2) is 17.0. The lowest BCUT2D eigenvalue weighted by atomic mass is 10.0. The molecule has 0 fully saturated rings. The molecule has 0 saturated carbocycles. The molecule has 49 heavy (non-hydrogen) atoms. The van der Waals surface area contributed by atoms with Crippen molar-refractivity contribution in [1.29, 1.82) is 0 Å². The zero-order chi connectivity index (χ0) is 35.6. The van der Waals surface area contributed by atoms with Crippen LogP contribution >= 0.6 is 0 Å². The number of nitrogens with one attached hydrogen (secondary N) is 1. The Kier molecular flexibility index (Phi) is 13.0. The normalized spacial score (nSPS) is 11.9. The van der Waals surface area contributed by atoms with Gasteiger partial charge in [0.1, 0.15) is 5.78 Å². The smallest absolute Gasteiger partial charge is 0.269 e. The van der Waals surface area contributed by atoms with Gasteiger partial charge in [0.2, 0.25) is 16.9 Å². The third-order valence-electron chi connectivity index (χ3n) is 8.46. The third-order valence-corrected chi connectivity index (χ3v) is 11.0. The highest BCUT2D eigenvalue weighted by Crippen LogP contribution is 2.29. The number of carbonyl (C=O) groups is 3. The van der Waals surface area contributed by atoms with E-state index >= 15 is 0 Å². The van der Waals surface area contributed by atoms with Crippen LogP contribution in [0.1, 0.15) is 73.7 Å². The number of aryl methyl sites for hydroxylation is 2. The quantitative estimate of drug-likeness (QED) is 0.0668. The number of ketones is 1. The molecule has 11 nitrogen and oxygen atoms in total. The van der Waals surface area contributed by atoms with E-state index in [4.69, 9.17) is 0 Å². The Morgan fingerprint density at radius 2 is 1.29 bits per heavy atom. The summed E-state index contributed by atoms with van der Waals surface area (Å²) in [7, 11) is -7.19. The van der Waals surface area contributed by atoms with Gasteiger partial charge in [0.25, 0.3) is 15.9 Å². The number of hydrogen-bond donors (Lipinski definition) is 1. The highest BCUT2D eigenvalue weighted by molar-refractivity contribution is 7.89. The summed E-state index contributed by atoms with van der Waals surface area (Å²) in [5, 5.41) is 3.52. The summed E-state index contributed by atoms with van der Waals surface area (Å²) >= 11 is 0. The molecule has 4 aromatic rings. The van der Waals surface area contributed by atoms with E-state index in [1.807, 2.05) is 11.5 Å². The SMILES string of the molecule is CNC(=O)CCCCCCC(=O)CCCN(C(=O)c1c2ccccc2[n+](CCCS(=O)(=O)[O-])c2ccccc12)S(=O)(=O)c1ccc(C)cc1. The monoisotopic (exact) mass is 709 g/mol. The zero-order valence-corrected chi connectivity index (χ0v) is 29.5. The molecule has 1 aromatic heterocycles. The lowest BCUT2D eigenvalue weighted by Crippen LogP contribution is -2.40. The molecule has 0 aliphatic rings. The molecule has 0 spiro atoms. The van der Waals surface area contributed by atoms with Crippen LogP contribution in [0.4, 0.5) is 0 Å². The Morgan fingerprint density at radius 3 is 1.86 bits per heavy atom. The van der Waals surface area contributed by atoms with Crippen molar-refractivity contribution in [3.05, 3.63) is 83.9 Å². The van der Waals surface area contributed by atoms with Gasteiger partial charge < -0.3 is 9.87 Å². The highest BCUT2D eigenvalue weighted by atomic mass is 32.2. The second-order valence-corrected chi connectivity index (χ2v) is 15.5. The molecule has 0 saturated heterocycles. The number of hydrogen-bond acceptors (Lipinski definition) is 8. The summed E-state index contributed by atoms with van der Waals surface area (Å²) in [5.74, 6) is -1.34. The van der Waals surface area contributed by atoms with Crippen LogP contribution in [0.15, 0.2) is 77.7 Å². The molecule has 13 heteroatoms. The maximum atomic E-state index is 14.6. The minimum absolute atomic E-state index is 0.0140. The largest absolute Gasteiger partial charge is 0.748 e. The number of unbranched alkanes of at least 4 members (excludes halogenated alkanes) is 3. The summed E-state index contributed by atoms with van der Waals surface area (Å²) in [5.41, 5.74) is 2.17. The van der Waals surface area contributed by atoms with E-state index in [1.165, 1.54) is 12.1 Å². The number of pyridine rings is 1. The van der Waals surface area contributed by atoms with Crippen molar-refractivity contribution in [1.82, 2.24) is 9.62 Å². The van der Waals surface area contributed by atoms with Crippen molar-refractivity contribution < 1.29 is 40.3 Å². The predicted octanol–water partition coefficient (Wildman–Crippen LogP) is 4.79. The maximum Gasteiger partial charge on any atom is 0.269 e. The minimum Gasteiger partial charge on any atom is -0.748 e. The molecule has 2 amide bonds. The van der Waals surface area contributed by atoms with Crippen LogP contribution in [0.3, 0.4) is 0 Å². The molecule has 0 radical (unpaired) electrons. The average molecular weight is 710 g/mol. The second-order valence-electron chi connectivity index (χ2n) is 12.1. The number of sulfonamides is 1. The van der Waals surface area contributed by atoms with Crippen LogP contribution in [0.25, 0.3) is 21.8 Å². The van der Waals surface area contributed by atoms with Crippen LogP contribution < -0.4 is 9.88 Å². The van der Waals surface area contributed by atoms with Crippen LogP contribution in [0.5, 0.6) is 0 Å². The van der Waals surface area contributed by atoms with Crippen molar-refractivity contribution in [2.75, 3.05) is 19.3 Å². The van der Waals surface area contributed by atoms with Gasteiger partial charge in [-0.05, 0) is 50.5 Å². The standard InChI is InChI=1S/C36H43N3O8S2/c1-27-20-22-29(23-21-27)49(46,47)39(25-11-14-28(40)13-5-3-4-6-19-34(41)37-2)36(42)35-30-15-7-9-17-32(30)38(24-12-26-48(43,44)45)33-18-10-8-16-31(33)35/h7-10,15-18,20-23H,3-6,11-14,19,24-26H2,1-2H3,(H-,37,41,43,44,45). The fourth-order valence-electron chi connectivity index (χ4n) is 5.91. The highest BCUT2D eigenvalue weighted by Gasteiger charge is 2.34. The number of carbonyl (C=O) groups excluding carboxylic acids is 3. The molecule has 0 unspecified atom stereocenters. The fourth-order valence-corrected chi connectivity index (χ4v) is 7.81. The van der Waals surface area contributed by atoms with Gasteiger partial charge in [-0.25, -0.2) is 21.1 Å². The van der Waals surface area contributed by atoms with Gasteiger partial charge in [-0.1, -0.05) is 54.8 Å². The molecule has 262 valence electrons. The molecule has 1 N–H and O–H groups in total. The first-order valence-corrected chi connectivity index (χ1v) is 19.5. The number of aromatic nitrogens is 1. The molecule has 0 aliphatic carbocycles. The van der Waals surface area contributed by atoms with E-state index in [-0.39, 0.29) is 54.5 Å². The number of fused-ring (bicyclic) bond motifs is 2. The van der Waals surface area contributed by atoms with Crippen LogP contribution in [-0.4, -0.2) is 62.6 Å². The Morgan fingerprint density at radius 1 is 0.735 bits per heavy atom. The van der Waals surface area contributed by atoms with Gasteiger partial charge in [-0.2, -0.15) is 4.57 Å². The number of amides is 2. The average Bonchev–Trinajstić information content (AvgIpc) is 3.07. The van der Waals surface area contributed by atoms with E-state index in [1.54, 1.807) is 67.7 Å². The lowest BCUT2D eigenvalue weighted by molar-refractivity contribution is -0.645. The Labute approximate surface area is 288 Å². The molecule has 0 aliphatic heterocycles. The number of rotatable bonds is 18. The van der Waals surface area contributed by atoms with Gasteiger partial charge in [0.15, 0.2) is 6.54 Å². The van der Waals surface area contributed by atoms with Crippen molar-refractivity contribution in [3.8, 4) is 0 Å². The third kappa shape index (κ3) is 9.93. The number of Topliss-reactive ketones (excluding diaryl/α,β-unsaturated/α-hetero) is 1. The van der Waals surface area contributed by atoms with Crippen LogP contribution in [0.2, 0.25) is 0 Å². The van der Waals surface area contributed by atoms with Crippen LogP contribution in [-0.2, 0) is 36.3 Å². The van der Waals surface area contributed by atoms with Crippen molar-refractivity contribution in [3.63, 3.8) is 0 Å². The molecule has 4 rings (SSSR count). The molecule has 1 heterocycles. The van der Waals surface area contributed by atoms with E-state index in [9.17, 15) is 35.8 Å². The lowest BCUT2D eigenvalue weighted by Gasteiger charge is -2.24. The minimum atomic E-state index is -4.44. The Balaban J connectivity index is 1.65. The van der Waals surface area contributed by atoms with Crippen LogP contribution in [0, 0.1) is 6.92 Å². The summed E-state index contributed by atoms with van der Waals surface area (Å²) < 4.78 is 65.0. The van der Waals surface area contributed by atoms with Crippen molar-refractivity contribution in [2.45, 2.75) is 76.2 Å². The molecule has 3 aromatic carbocycles. The summed E-state index contributed by atoms with van der Waals surface area (Å²) in [4.78, 5) is 38.7. The first-order chi connectivity index (χ1) is 23.3. The number of para-hydroxylation sites is 2. The van der Waals surface area contributed by atoms with E-state index in [0.29, 0.717) is 41.1 Å². The molecule has 0 atom stereocenters. The van der Waals surface area contributed by atoms with Gasteiger partial charge >= 0.3 is 0 Å². The predicted molar refractivity (Wildman–Crippen MR) is 186 cm³/mol. The summed E-state index contributed by atoms with van der Waals surface area (Å²) in [6, 6.07) is 20.2. The summed E-state index contributed by atoms with van der Waals surface area (Å²) in [6.07, 6.45) is 4.11. The number of nitrogens with zero attached hydrogens (tertiary/aromatic N) is 2. The first kappa shape index (κ1) is 37.6. The Bertz CT molecular complexity index is 1970. The van der Waals surface area contributed by atoms with E-state index in [0.717, 1.165) is 29.1 Å². The first-order valence-electron chi connectivity index (χ1n) is 16.5. The fraction of sp³-hybridized carbons (Fsp3) is 0.389. The molecule has 0 bridgehead atoms. The zero-order valence-electron chi connectivity index (χ0n) is 27.9. The topological polar surface area (TPSA) is 162 Å². The van der Waals surface area contributed by atoms with E-state index < -0.39 is 31.8 Å². The Hall–Kier alpha value is -4.20.